The molecule has 3 rings (SSSR count). The van der Waals surface area contributed by atoms with E-state index >= 15 is 0 Å². The molecule has 1 atom stereocenters. The smallest absolute Gasteiger partial charge is 0.371 e. The van der Waals surface area contributed by atoms with Crippen LogP contribution in [-0.4, -0.2) is 57.6 Å². The molecule has 1 aromatic carbocycles. The van der Waals surface area contributed by atoms with Gasteiger partial charge < -0.3 is 10.2 Å². The zero-order valence-corrected chi connectivity index (χ0v) is 18.9. The Morgan fingerprint density at radius 1 is 1.31 bits per heavy atom. The molecule has 176 valence electrons. The fourth-order valence-corrected chi connectivity index (χ4v) is 6.44. The first-order valence-corrected chi connectivity index (χ1v) is 12.1. The van der Waals surface area contributed by atoms with Crippen molar-refractivity contribution in [2.24, 2.45) is 11.3 Å². The number of sulfonamides is 1. The number of amides is 1. The van der Waals surface area contributed by atoms with Crippen molar-refractivity contribution in [3.8, 4) is 6.07 Å². The molecule has 0 aromatic heterocycles. The molecule has 11 heteroatoms. The highest BCUT2D eigenvalue weighted by atomic mass is 32.2. The van der Waals surface area contributed by atoms with Crippen molar-refractivity contribution in [3.05, 3.63) is 29.3 Å². The third-order valence-corrected chi connectivity index (χ3v) is 8.58. The minimum atomic E-state index is -4.64. The highest BCUT2D eigenvalue weighted by molar-refractivity contribution is 7.89. The van der Waals surface area contributed by atoms with Crippen LogP contribution in [-0.2, 0) is 21.0 Å². The molecule has 0 radical (unpaired) electrons. The number of hydrogen-bond acceptors (Lipinski definition) is 5. The third kappa shape index (κ3) is 4.57. The number of nitrogens with one attached hydrogen (secondary N) is 1. The van der Waals surface area contributed by atoms with Gasteiger partial charge in [-0.15, -0.1) is 0 Å². The van der Waals surface area contributed by atoms with Crippen molar-refractivity contribution in [2.75, 3.05) is 43.9 Å². The zero-order chi connectivity index (χ0) is 23.7. The lowest BCUT2D eigenvalue weighted by molar-refractivity contribution is -0.137. The van der Waals surface area contributed by atoms with Gasteiger partial charge in [-0.05, 0) is 37.5 Å². The molecule has 2 fully saturated rings. The molecule has 1 spiro atoms. The van der Waals surface area contributed by atoms with Gasteiger partial charge in [-0.2, -0.15) is 18.4 Å². The van der Waals surface area contributed by atoms with Gasteiger partial charge in [0.2, 0.25) is 15.9 Å². The highest BCUT2D eigenvalue weighted by Gasteiger charge is 2.53. The number of hydrogen-bond donors (Lipinski definition) is 1. The summed E-state index contributed by atoms with van der Waals surface area (Å²) in [7, 11) is -1.95. The Morgan fingerprint density at radius 3 is 2.50 bits per heavy atom. The average Bonchev–Trinajstić information content (AvgIpc) is 3.12. The molecule has 0 bridgehead atoms. The van der Waals surface area contributed by atoms with Crippen molar-refractivity contribution in [3.63, 3.8) is 0 Å². The summed E-state index contributed by atoms with van der Waals surface area (Å²) in [6.45, 7) is 2.92. The third-order valence-electron chi connectivity index (χ3n) is 6.59. The van der Waals surface area contributed by atoms with Crippen LogP contribution in [0.1, 0.15) is 37.3 Å². The molecule has 7 nitrogen and oxygen atoms in total. The monoisotopic (exact) mass is 472 g/mol. The van der Waals surface area contributed by atoms with Crippen molar-refractivity contribution in [1.29, 1.82) is 5.26 Å². The van der Waals surface area contributed by atoms with Gasteiger partial charge in [0.25, 0.3) is 0 Å². The lowest BCUT2D eigenvalue weighted by Crippen LogP contribution is -2.48. The molecule has 1 unspecified atom stereocenters. The molecule has 1 amide bonds. The maximum atomic E-state index is 13.3. The second kappa shape index (κ2) is 8.90. The van der Waals surface area contributed by atoms with E-state index in [-0.39, 0.29) is 24.7 Å². The fourth-order valence-electron chi connectivity index (χ4n) is 4.84. The molecule has 1 aromatic rings. The van der Waals surface area contributed by atoms with E-state index in [2.05, 4.69) is 5.32 Å². The van der Waals surface area contributed by atoms with Gasteiger partial charge in [-0.1, -0.05) is 6.92 Å². The number of anilines is 1. The largest absolute Gasteiger partial charge is 0.417 e. The van der Waals surface area contributed by atoms with Crippen molar-refractivity contribution >= 4 is 21.6 Å². The Morgan fingerprint density at radius 2 is 1.97 bits per heavy atom. The van der Waals surface area contributed by atoms with Crippen LogP contribution >= 0.6 is 0 Å². The normalized spacial score (nSPS) is 21.5. The standard InChI is InChI=1S/C21H27F3N4O3S/c1-3-10-32(30,31)28-13-18(19(29)26-2)20(14-28)6-8-27(9-7-20)16-5-4-15(12-25)17(11-16)21(22,23)24/h4-5,11,18H,3,6-10,13-14H2,1-2H3,(H,26,29). The van der Waals surface area contributed by atoms with Gasteiger partial charge in [0.05, 0.1) is 28.9 Å². The number of halogens is 3. The SMILES string of the molecule is CCCS(=O)(=O)N1CC(C(=O)NC)C2(CCN(c3ccc(C#N)c(C(F)(F)F)c3)CC2)C1. The lowest BCUT2D eigenvalue weighted by atomic mass is 9.70. The number of carbonyl (C=O) groups is 1. The molecule has 2 aliphatic heterocycles. The van der Waals surface area contributed by atoms with E-state index in [1.54, 1.807) is 17.9 Å². The lowest BCUT2D eigenvalue weighted by Gasteiger charge is -2.43. The van der Waals surface area contributed by atoms with Crippen LogP contribution < -0.4 is 10.2 Å². The van der Waals surface area contributed by atoms with E-state index in [0.717, 1.165) is 6.07 Å². The van der Waals surface area contributed by atoms with E-state index in [1.165, 1.54) is 23.5 Å². The summed E-state index contributed by atoms with van der Waals surface area (Å²) in [6, 6.07) is 5.23. The summed E-state index contributed by atoms with van der Waals surface area (Å²) in [4.78, 5) is 14.4. The number of nitrogens with zero attached hydrogens (tertiary/aromatic N) is 3. The molecule has 2 aliphatic rings. The van der Waals surface area contributed by atoms with Gasteiger partial charge in [0.1, 0.15) is 0 Å². The number of carbonyl (C=O) groups excluding carboxylic acids is 1. The number of rotatable bonds is 5. The fraction of sp³-hybridized carbons (Fsp3) is 0.619. The van der Waals surface area contributed by atoms with Gasteiger partial charge in [0.15, 0.2) is 0 Å². The summed E-state index contributed by atoms with van der Waals surface area (Å²) in [5.41, 5.74) is -1.60. The summed E-state index contributed by atoms with van der Waals surface area (Å²) in [5.74, 6) is -0.709. The first-order chi connectivity index (χ1) is 15.0. The maximum Gasteiger partial charge on any atom is 0.417 e. The molecular weight excluding hydrogens is 445 g/mol. The molecule has 32 heavy (non-hydrogen) atoms. The van der Waals surface area contributed by atoms with Gasteiger partial charge in [-0.3, -0.25) is 4.79 Å². The van der Waals surface area contributed by atoms with Crippen LogP contribution in [0.2, 0.25) is 0 Å². The van der Waals surface area contributed by atoms with E-state index in [1.807, 2.05) is 0 Å². The summed E-state index contributed by atoms with van der Waals surface area (Å²) in [5, 5.41) is 11.6. The summed E-state index contributed by atoms with van der Waals surface area (Å²) < 4.78 is 66.7. The van der Waals surface area contributed by atoms with Crippen molar-refractivity contribution < 1.29 is 26.4 Å². The predicted molar refractivity (Wildman–Crippen MR) is 113 cm³/mol. The van der Waals surface area contributed by atoms with Gasteiger partial charge in [-0.25, -0.2) is 12.7 Å². The second-order valence-electron chi connectivity index (χ2n) is 8.46. The van der Waals surface area contributed by atoms with Crippen LogP contribution in [0.3, 0.4) is 0 Å². The first-order valence-electron chi connectivity index (χ1n) is 10.5. The van der Waals surface area contributed by atoms with Gasteiger partial charge >= 0.3 is 6.18 Å². The Bertz CT molecular complexity index is 1010. The average molecular weight is 473 g/mol. The Kier molecular flexibility index (Phi) is 6.77. The molecule has 1 N–H and O–H groups in total. The minimum absolute atomic E-state index is 0.0150. The minimum Gasteiger partial charge on any atom is -0.371 e. The van der Waals surface area contributed by atoms with Crippen LogP contribution in [0.25, 0.3) is 0 Å². The molecule has 2 heterocycles. The number of piperidine rings is 1. The van der Waals surface area contributed by atoms with E-state index in [9.17, 15) is 26.4 Å². The molecule has 0 aliphatic carbocycles. The highest BCUT2D eigenvalue weighted by Crippen LogP contribution is 2.46. The second-order valence-corrected chi connectivity index (χ2v) is 10.6. The van der Waals surface area contributed by atoms with E-state index in [4.69, 9.17) is 5.26 Å². The zero-order valence-electron chi connectivity index (χ0n) is 18.1. The molecule has 2 saturated heterocycles. The van der Waals surface area contributed by atoms with Crippen LogP contribution in [0, 0.1) is 22.7 Å². The quantitative estimate of drug-likeness (QED) is 0.711. The summed E-state index contributed by atoms with van der Waals surface area (Å²) in [6.07, 6.45) is -3.21. The van der Waals surface area contributed by atoms with E-state index < -0.39 is 38.7 Å². The van der Waals surface area contributed by atoms with Crippen LogP contribution in [0.4, 0.5) is 18.9 Å². The predicted octanol–water partition coefficient (Wildman–Crippen LogP) is 2.58. The van der Waals surface area contributed by atoms with E-state index in [0.29, 0.717) is 38.0 Å². The Labute approximate surface area is 186 Å². The number of alkyl halides is 3. The first kappa shape index (κ1) is 24.3. The Balaban J connectivity index is 1.84. The Hall–Kier alpha value is -2.32. The number of benzene rings is 1. The molecular formula is C21H27F3N4O3S. The molecule has 0 saturated carbocycles. The van der Waals surface area contributed by atoms with Gasteiger partial charge in [0, 0.05) is 44.3 Å². The van der Waals surface area contributed by atoms with Crippen molar-refractivity contribution in [1.82, 2.24) is 9.62 Å². The topological polar surface area (TPSA) is 93.5 Å². The van der Waals surface area contributed by atoms with Crippen LogP contribution in [0.5, 0.6) is 0 Å². The summed E-state index contributed by atoms with van der Waals surface area (Å²) >= 11 is 0. The number of nitriles is 1. The van der Waals surface area contributed by atoms with Crippen molar-refractivity contribution in [2.45, 2.75) is 32.4 Å². The maximum absolute atomic E-state index is 13.3. The van der Waals surface area contributed by atoms with Crippen LogP contribution in [0.15, 0.2) is 18.2 Å².